The average molecular weight is 486 g/mol. The largest absolute Gasteiger partial charge is 0.394 e. The first kappa shape index (κ1) is 30.8. The summed E-state index contributed by atoms with van der Waals surface area (Å²) in [6.45, 7) is 3.61. The molecule has 0 aromatic heterocycles. The summed E-state index contributed by atoms with van der Waals surface area (Å²) in [6.07, 6.45) is 12.8. The molecule has 0 aromatic carbocycles. The second kappa shape index (κ2) is 19.1. The Morgan fingerprint density at radius 2 is 1.53 bits per heavy atom. The van der Waals surface area contributed by atoms with E-state index in [1.54, 1.807) is 0 Å². The molecule has 7 atom stereocenters. The van der Waals surface area contributed by atoms with Gasteiger partial charge in [-0.3, -0.25) is 0 Å². The van der Waals surface area contributed by atoms with Gasteiger partial charge in [0.25, 0.3) is 0 Å². The molecular formula is C25H47N3O6. The van der Waals surface area contributed by atoms with Gasteiger partial charge in [-0.1, -0.05) is 95.3 Å². The van der Waals surface area contributed by atoms with E-state index in [4.69, 9.17) is 15.0 Å². The molecule has 9 heteroatoms. The number of nitrogens with zero attached hydrogens (tertiary/aromatic N) is 3. The van der Waals surface area contributed by atoms with E-state index in [0.717, 1.165) is 12.8 Å². The number of rotatable bonds is 19. The predicted octanol–water partition coefficient (Wildman–Crippen LogP) is 4.38. The maximum absolute atomic E-state index is 10.1. The summed E-state index contributed by atoms with van der Waals surface area (Å²) < 4.78 is 10.9. The first-order valence-electron chi connectivity index (χ1n) is 13.1. The lowest BCUT2D eigenvalue weighted by molar-refractivity contribution is -0.302. The van der Waals surface area contributed by atoms with Crippen LogP contribution in [0.25, 0.3) is 10.4 Å². The van der Waals surface area contributed by atoms with Gasteiger partial charge in [0.05, 0.1) is 19.3 Å². The minimum Gasteiger partial charge on any atom is -0.394 e. The molecule has 1 heterocycles. The monoisotopic (exact) mass is 485 g/mol. The van der Waals surface area contributed by atoms with Crippen LogP contribution in [0, 0.1) is 5.92 Å². The predicted molar refractivity (Wildman–Crippen MR) is 132 cm³/mol. The molecule has 1 rings (SSSR count). The molecule has 5 unspecified atom stereocenters. The summed E-state index contributed by atoms with van der Waals surface area (Å²) in [4.78, 5) is 2.89. The average Bonchev–Trinajstić information content (AvgIpc) is 2.84. The van der Waals surface area contributed by atoms with E-state index in [-0.39, 0.29) is 12.5 Å². The van der Waals surface area contributed by atoms with Crippen molar-refractivity contribution in [3.63, 3.8) is 0 Å². The van der Waals surface area contributed by atoms with E-state index < -0.39 is 43.4 Å². The Labute approximate surface area is 204 Å². The Morgan fingerprint density at radius 3 is 2.09 bits per heavy atom. The van der Waals surface area contributed by atoms with Gasteiger partial charge in [-0.2, -0.15) is 0 Å². The van der Waals surface area contributed by atoms with Crippen LogP contribution in [0.5, 0.6) is 0 Å². The Hall–Kier alpha value is -1.19. The summed E-state index contributed by atoms with van der Waals surface area (Å²) in [5, 5.41) is 42.9. The minimum atomic E-state index is -1.50. The first-order chi connectivity index (χ1) is 16.5. The highest BCUT2D eigenvalue weighted by molar-refractivity contribution is 4.93. The summed E-state index contributed by atoms with van der Waals surface area (Å²) in [5.74, 6) is -0.0894. The first-order valence-corrected chi connectivity index (χ1v) is 13.1. The second-order valence-corrected chi connectivity index (χ2v) is 9.41. The van der Waals surface area contributed by atoms with Crippen LogP contribution in [0.2, 0.25) is 0 Å². The van der Waals surface area contributed by atoms with Gasteiger partial charge in [-0.05, 0) is 24.3 Å². The van der Waals surface area contributed by atoms with Gasteiger partial charge in [0.15, 0.2) is 6.29 Å². The molecular weight excluding hydrogens is 438 g/mol. The number of ether oxygens (including phenoxy) is 2. The molecule has 0 spiro atoms. The van der Waals surface area contributed by atoms with Gasteiger partial charge in [0.1, 0.15) is 24.4 Å². The molecule has 0 aromatic rings. The fraction of sp³-hybridized carbons (Fsp3) is 0.920. The van der Waals surface area contributed by atoms with E-state index in [2.05, 4.69) is 23.0 Å². The van der Waals surface area contributed by atoms with Crippen molar-refractivity contribution in [1.82, 2.24) is 0 Å². The number of hydrogen-bond acceptors (Lipinski definition) is 7. The Kier molecular flexibility index (Phi) is 17.3. The summed E-state index contributed by atoms with van der Waals surface area (Å²) in [5.41, 5.74) is 8.91. The molecule has 0 aliphatic carbocycles. The third-order valence-electron chi connectivity index (χ3n) is 6.50. The summed E-state index contributed by atoms with van der Waals surface area (Å²) in [7, 11) is 0. The van der Waals surface area contributed by atoms with Gasteiger partial charge in [0, 0.05) is 4.91 Å². The van der Waals surface area contributed by atoms with Crippen LogP contribution in [-0.4, -0.2) is 70.4 Å². The van der Waals surface area contributed by atoms with Crippen molar-refractivity contribution in [2.45, 2.75) is 128 Å². The van der Waals surface area contributed by atoms with Crippen molar-refractivity contribution >= 4 is 0 Å². The fourth-order valence-corrected chi connectivity index (χ4v) is 4.12. The fourth-order valence-electron chi connectivity index (χ4n) is 4.12. The Balaban J connectivity index is 2.26. The SMILES string of the molecule is CCCCCCCCCCCCC/C=C/[C@@H](C)[C@H](COC1OC(CO)C(O)C(O)C1O)N=[N+]=[N-]. The third-order valence-corrected chi connectivity index (χ3v) is 6.50. The van der Waals surface area contributed by atoms with Crippen LogP contribution < -0.4 is 0 Å². The highest BCUT2D eigenvalue weighted by Crippen LogP contribution is 2.23. The van der Waals surface area contributed by atoms with Gasteiger partial charge in [-0.25, -0.2) is 0 Å². The van der Waals surface area contributed by atoms with Crippen LogP contribution in [0.1, 0.15) is 90.9 Å². The molecule has 0 saturated carbocycles. The molecule has 1 fully saturated rings. The molecule has 1 saturated heterocycles. The van der Waals surface area contributed by atoms with Crippen molar-refractivity contribution in [1.29, 1.82) is 0 Å². The number of azide groups is 1. The van der Waals surface area contributed by atoms with E-state index >= 15 is 0 Å². The van der Waals surface area contributed by atoms with Gasteiger partial charge in [0.2, 0.25) is 0 Å². The van der Waals surface area contributed by atoms with Crippen molar-refractivity contribution in [2.75, 3.05) is 13.2 Å². The standard InChI is InChI=1S/C25H47N3O6/c1-3-4-5-6-7-8-9-10-11-12-13-14-15-16-19(2)20(27-28-26)18-33-25-24(32)23(31)22(30)21(17-29)34-25/h15-16,19-25,29-32H,3-14,17-18H2,1-2H3/b16-15+/t19-,20+,21?,22?,23?,24?,25?/m1/s1. The smallest absolute Gasteiger partial charge is 0.186 e. The lowest BCUT2D eigenvalue weighted by atomic mass is 9.99. The molecule has 34 heavy (non-hydrogen) atoms. The van der Waals surface area contributed by atoms with Crippen LogP contribution in [0.4, 0.5) is 0 Å². The summed E-state index contributed by atoms with van der Waals surface area (Å²) in [6, 6.07) is -0.522. The normalized spacial score (nSPS) is 26.9. The lowest BCUT2D eigenvalue weighted by Gasteiger charge is -2.40. The minimum absolute atomic E-state index is 0.0311. The van der Waals surface area contributed by atoms with Gasteiger partial charge in [-0.15, -0.1) is 0 Å². The van der Waals surface area contributed by atoms with E-state index in [9.17, 15) is 20.4 Å². The number of aliphatic hydroxyl groups is 4. The van der Waals surface area contributed by atoms with Crippen molar-refractivity contribution in [3.05, 3.63) is 22.6 Å². The van der Waals surface area contributed by atoms with Gasteiger partial charge >= 0.3 is 0 Å². The summed E-state index contributed by atoms with van der Waals surface area (Å²) >= 11 is 0. The molecule has 198 valence electrons. The number of aliphatic hydroxyl groups excluding tert-OH is 4. The molecule has 0 amide bonds. The zero-order valence-electron chi connectivity index (χ0n) is 21.0. The third kappa shape index (κ3) is 12.0. The zero-order chi connectivity index (χ0) is 25.2. The van der Waals surface area contributed by atoms with E-state index in [1.165, 1.54) is 64.2 Å². The lowest BCUT2D eigenvalue weighted by Crippen LogP contribution is -2.59. The Morgan fingerprint density at radius 1 is 0.941 bits per heavy atom. The number of hydrogen-bond donors (Lipinski definition) is 4. The van der Waals surface area contributed by atoms with Crippen LogP contribution in [0.15, 0.2) is 17.3 Å². The van der Waals surface area contributed by atoms with Crippen LogP contribution >= 0.6 is 0 Å². The highest BCUT2D eigenvalue weighted by Gasteiger charge is 2.44. The molecule has 1 aliphatic rings. The molecule has 1 aliphatic heterocycles. The van der Waals surface area contributed by atoms with Crippen molar-refractivity contribution in [2.24, 2.45) is 11.0 Å². The van der Waals surface area contributed by atoms with E-state index in [0.29, 0.717) is 0 Å². The zero-order valence-corrected chi connectivity index (χ0v) is 21.0. The molecule has 9 nitrogen and oxygen atoms in total. The molecule has 0 bridgehead atoms. The molecule has 4 N–H and O–H groups in total. The maximum Gasteiger partial charge on any atom is 0.186 e. The van der Waals surface area contributed by atoms with E-state index in [1.807, 2.05) is 13.0 Å². The quantitative estimate of drug-likeness (QED) is 0.0701. The number of unbranched alkanes of at least 4 members (excludes halogenated alkanes) is 11. The van der Waals surface area contributed by atoms with Crippen molar-refractivity contribution < 1.29 is 29.9 Å². The van der Waals surface area contributed by atoms with Crippen LogP contribution in [0.3, 0.4) is 0 Å². The maximum atomic E-state index is 10.1. The second-order valence-electron chi connectivity index (χ2n) is 9.41. The highest BCUT2D eigenvalue weighted by atomic mass is 16.7. The Bertz CT molecular complexity index is 585. The van der Waals surface area contributed by atoms with Gasteiger partial charge < -0.3 is 29.9 Å². The number of allylic oxidation sites excluding steroid dienone is 1. The van der Waals surface area contributed by atoms with Crippen molar-refractivity contribution in [3.8, 4) is 0 Å². The van der Waals surface area contributed by atoms with Crippen LogP contribution in [-0.2, 0) is 9.47 Å². The topological polar surface area (TPSA) is 148 Å². The molecule has 0 radical (unpaired) electrons.